The van der Waals surface area contributed by atoms with Crippen LogP contribution in [0.4, 0.5) is 4.39 Å². The monoisotopic (exact) mass is 265 g/mol. The molecular weight excluding hydrogens is 245 g/mol. The largest absolute Gasteiger partial charge is 0.454 e. The summed E-state index contributed by atoms with van der Waals surface area (Å²) in [6.45, 7) is 6.48. The van der Waals surface area contributed by atoms with E-state index in [2.05, 4.69) is 12.2 Å². The van der Waals surface area contributed by atoms with Gasteiger partial charge in [0.1, 0.15) is 5.67 Å². The minimum Gasteiger partial charge on any atom is -0.454 e. The van der Waals surface area contributed by atoms with Crippen LogP contribution in [0.3, 0.4) is 0 Å². The first-order valence-electron chi connectivity index (χ1n) is 6.79. The molecule has 19 heavy (non-hydrogen) atoms. The fourth-order valence-electron chi connectivity index (χ4n) is 2.89. The van der Waals surface area contributed by atoms with Crippen LogP contribution in [0.5, 0.6) is 11.5 Å². The van der Waals surface area contributed by atoms with Crippen LogP contribution in [0.15, 0.2) is 12.1 Å². The van der Waals surface area contributed by atoms with Crippen molar-refractivity contribution in [3.8, 4) is 11.5 Å². The minimum atomic E-state index is -1.38. The van der Waals surface area contributed by atoms with Gasteiger partial charge in [-0.1, -0.05) is 0 Å². The summed E-state index contributed by atoms with van der Waals surface area (Å²) >= 11 is 0. The summed E-state index contributed by atoms with van der Waals surface area (Å²) < 4.78 is 25.3. The molecule has 3 rings (SSSR count). The summed E-state index contributed by atoms with van der Waals surface area (Å²) in [7, 11) is 0. The third-order valence-electron chi connectivity index (χ3n) is 4.12. The minimum absolute atomic E-state index is 0.154. The third kappa shape index (κ3) is 2.08. The molecule has 0 spiro atoms. The van der Waals surface area contributed by atoms with Crippen molar-refractivity contribution >= 4 is 0 Å². The number of ether oxygens (including phenoxy) is 2. The first kappa shape index (κ1) is 12.7. The Labute approximate surface area is 113 Å². The Morgan fingerprint density at radius 3 is 2.74 bits per heavy atom. The second kappa shape index (κ2) is 4.10. The Morgan fingerprint density at radius 2 is 2.11 bits per heavy atom. The molecule has 0 saturated carbocycles. The maximum absolute atomic E-state index is 14.3. The quantitative estimate of drug-likeness (QED) is 0.890. The molecule has 0 amide bonds. The smallest absolute Gasteiger partial charge is 0.231 e. The molecule has 1 N–H and O–H groups in total. The van der Waals surface area contributed by atoms with Gasteiger partial charge in [-0.2, -0.15) is 0 Å². The van der Waals surface area contributed by atoms with Crippen molar-refractivity contribution in [2.45, 2.75) is 44.8 Å². The second-order valence-electron chi connectivity index (χ2n) is 6.09. The van der Waals surface area contributed by atoms with Crippen LogP contribution >= 0.6 is 0 Å². The van der Waals surface area contributed by atoms with Crippen LogP contribution in [0, 0.1) is 0 Å². The van der Waals surface area contributed by atoms with Crippen LogP contribution < -0.4 is 14.8 Å². The summed E-state index contributed by atoms with van der Waals surface area (Å²) in [5.74, 6) is 1.43. The number of benzene rings is 1. The molecule has 0 aliphatic carbocycles. The van der Waals surface area contributed by atoms with E-state index in [1.165, 1.54) is 0 Å². The average Bonchev–Trinajstić information content (AvgIpc) is 2.95. The van der Waals surface area contributed by atoms with Crippen molar-refractivity contribution in [1.29, 1.82) is 0 Å². The summed E-state index contributed by atoms with van der Waals surface area (Å²) in [5, 5.41) is 3.50. The molecule has 2 aliphatic rings. The number of fused-ring (bicyclic) bond motifs is 1. The van der Waals surface area contributed by atoms with Gasteiger partial charge in [0.05, 0.1) is 0 Å². The molecule has 0 bridgehead atoms. The van der Waals surface area contributed by atoms with E-state index >= 15 is 0 Å². The highest BCUT2D eigenvalue weighted by Crippen LogP contribution is 2.46. The molecule has 1 aromatic carbocycles. The molecule has 4 heteroatoms. The molecule has 3 nitrogen and oxygen atoms in total. The molecular formula is C15H20FNO2. The van der Waals surface area contributed by atoms with Crippen LogP contribution in [0.1, 0.15) is 44.7 Å². The van der Waals surface area contributed by atoms with E-state index in [4.69, 9.17) is 9.47 Å². The number of rotatable bonds is 2. The highest BCUT2D eigenvalue weighted by molar-refractivity contribution is 5.54. The van der Waals surface area contributed by atoms with Crippen molar-refractivity contribution in [3.05, 3.63) is 23.3 Å². The van der Waals surface area contributed by atoms with E-state index in [0.717, 1.165) is 30.7 Å². The highest BCUT2D eigenvalue weighted by Gasteiger charge is 2.37. The summed E-state index contributed by atoms with van der Waals surface area (Å²) in [6.07, 6.45) is 2.15. The lowest BCUT2D eigenvalue weighted by atomic mass is 9.86. The van der Waals surface area contributed by atoms with Gasteiger partial charge in [0.25, 0.3) is 0 Å². The van der Waals surface area contributed by atoms with Gasteiger partial charge in [0.2, 0.25) is 6.79 Å². The van der Waals surface area contributed by atoms with Gasteiger partial charge in [-0.25, -0.2) is 4.39 Å². The molecule has 1 unspecified atom stereocenters. The fourth-order valence-corrected chi connectivity index (χ4v) is 2.89. The van der Waals surface area contributed by atoms with E-state index in [-0.39, 0.29) is 12.3 Å². The number of hydrogen-bond acceptors (Lipinski definition) is 3. The molecule has 1 saturated heterocycles. The van der Waals surface area contributed by atoms with Crippen LogP contribution in [-0.2, 0) is 11.2 Å². The third-order valence-corrected chi connectivity index (χ3v) is 4.12. The molecule has 0 radical (unpaired) electrons. The summed E-state index contributed by atoms with van der Waals surface area (Å²) in [6, 6.07) is 3.68. The molecule has 1 fully saturated rings. The first-order valence-corrected chi connectivity index (χ1v) is 6.79. The van der Waals surface area contributed by atoms with Crippen LogP contribution in [-0.4, -0.2) is 13.3 Å². The number of hydrogen-bond donors (Lipinski definition) is 1. The zero-order chi connectivity index (χ0) is 13.7. The number of nitrogens with one attached hydrogen (secondary N) is 1. The topological polar surface area (TPSA) is 30.5 Å². The SMILES string of the molecule is CC(C)(F)c1cc2c(c(C3(C)CCCN3)c1)OCO2. The Balaban J connectivity index is 2.15. The van der Waals surface area contributed by atoms with Gasteiger partial charge >= 0.3 is 0 Å². The second-order valence-corrected chi connectivity index (χ2v) is 6.09. The van der Waals surface area contributed by atoms with Crippen molar-refractivity contribution in [1.82, 2.24) is 5.32 Å². The molecule has 1 aromatic rings. The van der Waals surface area contributed by atoms with Gasteiger partial charge in [0.15, 0.2) is 11.5 Å². The van der Waals surface area contributed by atoms with Gasteiger partial charge in [0, 0.05) is 11.1 Å². The van der Waals surface area contributed by atoms with E-state index in [0.29, 0.717) is 11.3 Å². The predicted octanol–water partition coefficient (Wildman–Crippen LogP) is 3.22. The standard InChI is InChI=1S/C15H20FNO2/c1-14(2,16)10-7-11(15(3)5-4-6-17-15)13-12(8-10)18-9-19-13/h7-8,17H,4-6,9H2,1-3H3. The zero-order valence-electron chi connectivity index (χ0n) is 11.7. The Morgan fingerprint density at radius 1 is 1.32 bits per heavy atom. The van der Waals surface area contributed by atoms with Crippen molar-refractivity contribution < 1.29 is 13.9 Å². The van der Waals surface area contributed by atoms with E-state index in [1.807, 2.05) is 6.07 Å². The Kier molecular flexibility index (Phi) is 2.75. The maximum atomic E-state index is 14.3. The summed E-state index contributed by atoms with van der Waals surface area (Å²) in [5.41, 5.74) is 0.117. The molecule has 1 atom stereocenters. The van der Waals surface area contributed by atoms with E-state index in [1.54, 1.807) is 19.9 Å². The number of halogens is 1. The lowest BCUT2D eigenvalue weighted by molar-refractivity contribution is 0.171. The van der Waals surface area contributed by atoms with Gasteiger partial charge in [-0.05, 0) is 57.9 Å². The predicted molar refractivity (Wildman–Crippen MR) is 71.3 cm³/mol. The van der Waals surface area contributed by atoms with Crippen molar-refractivity contribution in [3.63, 3.8) is 0 Å². The lowest BCUT2D eigenvalue weighted by Crippen LogP contribution is -2.33. The van der Waals surface area contributed by atoms with Crippen LogP contribution in [0.25, 0.3) is 0 Å². The lowest BCUT2D eigenvalue weighted by Gasteiger charge is -2.28. The van der Waals surface area contributed by atoms with E-state index < -0.39 is 5.67 Å². The van der Waals surface area contributed by atoms with Gasteiger partial charge in [-0.15, -0.1) is 0 Å². The van der Waals surface area contributed by atoms with Gasteiger partial charge < -0.3 is 14.8 Å². The summed E-state index contributed by atoms with van der Waals surface area (Å²) in [4.78, 5) is 0. The van der Waals surface area contributed by atoms with Crippen molar-refractivity contribution in [2.75, 3.05) is 13.3 Å². The molecule has 0 aromatic heterocycles. The van der Waals surface area contributed by atoms with Gasteiger partial charge in [-0.3, -0.25) is 0 Å². The van der Waals surface area contributed by atoms with E-state index in [9.17, 15) is 4.39 Å². The maximum Gasteiger partial charge on any atom is 0.231 e. The fraction of sp³-hybridized carbons (Fsp3) is 0.600. The first-order chi connectivity index (χ1) is 8.90. The molecule has 2 aliphatic heterocycles. The van der Waals surface area contributed by atoms with Crippen LogP contribution in [0.2, 0.25) is 0 Å². The number of alkyl halides is 1. The Hall–Kier alpha value is -1.29. The zero-order valence-corrected chi connectivity index (χ0v) is 11.7. The normalized spacial score (nSPS) is 25.9. The highest BCUT2D eigenvalue weighted by atomic mass is 19.1. The Bertz CT molecular complexity index is 502. The van der Waals surface area contributed by atoms with Crippen molar-refractivity contribution in [2.24, 2.45) is 0 Å². The molecule has 104 valence electrons. The average molecular weight is 265 g/mol. The molecule has 2 heterocycles.